The lowest BCUT2D eigenvalue weighted by Crippen LogP contribution is -2.68. The van der Waals surface area contributed by atoms with Gasteiger partial charge >= 0.3 is 5.97 Å². The predicted octanol–water partition coefficient (Wildman–Crippen LogP) is -10.7. The van der Waals surface area contributed by atoms with Crippen molar-refractivity contribution in [2.24, 2.45) is 5.92 Å². The van der Waals surface area contributed by atoms with Crippen molar-refractivity contribution in [3.63, 3.8) is 0 Å². The van der Waals surface area contributed by atoms with E-state index in [-0.39, 0.29) is 12.0 Å². The number of esters is 1. The van der Waals surface area contributed by atoms with E-state index in [9.17, 15) is 91.6 Å². The molecule has 1 aliphatic carbocycles. The van der Waals surface area contributed by atoms with Gasteiger partial charge in [0.1, 0.15) is 123 Å². The molecule has 6 rings (SSSR count). The van der Waals surface area contributed by atoms with Crippen LogP contribution < -0.4 is 5.32 Å². The normalized spacial score (nSPS) is 50.3. The topological polar surface area (TPSA) is 465 Å². The smallest absolute Gasteiger partial charge is 0.305 e. The number of rotatable bonds is 17. The largest absolute Gasteiger partial charge is 0.463 e. The fourth-order valence-electron chi connectivity index (χ4n) is 9.30. The summed E-state index contributed by atoms with van der Waals surface area (Å²) in [4.78, 5) is 12.3. The van der Waals surface area contributed by atoms with E-state index < -0.39 is 217 Å². The van der Waals surface area contributed by atoms with Gasteiger partial charge in [-0.05, 0) is 12.5 Å². The van der Waals surface area contributed by atoms with Crippen LogP contribution >= 0.6 is 0 Å². The fraction of sp³-hybridized carbons (Fsp3) is 0.927. The first kappa shape index (κ1) is 57.4. The van der Waals surface area contributed by atoms with Crippen molar-refractivity contribution in [3.8, 4) is 0 Å². The zero-order chi connectivity index (χ0) is 51.6. The van der Waals surface area contributed by atoms with Gasteiger partial charge in [0, 0.05) is 12.3 Å². The second kappa shape index (κ2) is 24.7. The van der Waals surface area contributed by atoms with Crippen molar-refractivity contribution < 1.29 is 139 Å². The predicted molar refractivity (Wildman–Crippen MR) is 220 cm³/mol. The summed E-state index contributed by atoms with van der Waals surface area (Å²) in [6.45, 7) is 0.524. The first-order chi connectivity index (χ1) is 33.1. The summed E-state index contributed by atoms with van der Waals surface area (Å²) >= 11 is 0. The number of carbonyl (C=O) groups excluding carboxylic acids is 1. The third kappa shape index (κ3) is 12.0. The summed E-state index contributed by atoms with van der Waals surface area (Å²) in [7, 11) is 0. The van der Waals surface area contributed by atoms with E-state index in [0.29, 0.717) is 0 Å². The van der Waals surface area contributed by atoms with Gasteiger partial charge in [0.15, 0.2) is 31.5 Å². The molecule has 0 amide bonds. The van der Waals surface area contributed by atoms with Crippen LogP contribution in [0.1, 0.15) is 27.2 Å². The number of hydrogen-bond acceptors (Lipinski definition) is 29. The Labute approximate surface area is 399 Å². The third-order valence-corrected chi connectivity index (χ3v) is 13.6. The molecule has 5 aliphatic heterocycles. The summed E-state index contributed by atoms with van der Waals surface area (Å²) in [5.41, 5.74) is -0.00263. The van der Waals surface area contributed by atoms with Gasteiger partial charge in [-0.25, -0.2) is 0 Å². The molecule has 0 spiro atoms. The van der Waals surface area contributed by atoms with Crippen molar-refractivity contribution in [1.29, 1.82) is 0 Å². The molecule has 0 radical (unpaired) electrons. The molecule has 0 bridgehead atoms. The molecular formula is C41H69NO28. The maximum Gasteiger partial charge on any atom is 0.305 e. The number of aliphatic hydroxyl groups excluding tert-OH is 17. The lowest BCUT2D eigenvalue weighted by atomic mass is 9.86. The molecule has 29 atom stereocenters. The molecular weight excluding hydrogens is 954 g/mol. The van der Waals surface area contributed by atoms with Gasteiger partial charge in [-0.2, -0.15) is 0 Å². The van der Waals surface area contributed by atoms with Gasteiger partial charge in [-0.1, -0.05) is 19.9 Å². The maximum absolute atomic E-state index is 12.3. The average Bonchev–Trinajstić information content (AvgIpc) is 3.34. The highest BCUT2D eigenvalue weighted by Gasteiger charge is 2.56. The fourth-order valence-corrected chi connectivity index (χ4v) is 9.30. The molecule has 406 valence electrons. The second-order valence-corrected chi connectivity index (χ2v) is 18.2. The average molecular weight is 1020 g/mol. The Kier molecular flexibility index (Phi) is 20.2. The molecule has 5 fully saturated rings. The summed E-state index contributed by atoms with van der Waals surface area (Å²) in [5, 5.41) is 183. The Bertz CT molecular complexity index is 1680. The summed E-state index contributed by atoms with van der Waals surface area (Å²) in [6.07, 6.45) is -43.5. The minimum atomic E-state index is -2.10. The molecule has 5 saturated heterocycles. The van der Waals surface area contributed by atoms with Crippen LogP contribution in [0.5, 0.6) is 0 Å². The third-order valence-electron chi connectivity index (χ3n) is 13.6. The Hall–Kier alpha value is -1.87. The van der Waals surface area contributed by atoms with Gasteiger partial charge in [-0.3, -0.25) is 4.79 Å². The van der Waals surface area contributed by atoms with E-state index in [1.54, 1.807) is 0 Å². The van der Waals surface area contributed by atoms with E-state index in [0.717, 1.165) is 0 Å². The molecule has 29 nitrogen and oxygen atoms in total. The Morgan fingerprint density at radius 2 is 0.971 bits per heavy atom. The van der Waals surface area contributed by atoms with Crippen LogP contribution in [-0.2, 0) is 52.2 Å². The zero-order valence-electron chi connectivity index (χ0n) is 38.2. The van der Waals surface area contributed by atoms with Crippen LogP contribution in [0, 0.1) is 5.92 Å². The van der Waals surface area contributed by atoms with Gasteiger partial charge in [-0.15, -0.1) is 0 Å². The van der Waals surface area contributed by atoms with E-state index in [1.807, 2.05) is 0 Å². The van der Waals surface area contributed by atoms with Gasteiger partial charge < -0.3 is 139 Å². The van der Waals surface area contributed by atoms with Crippen molar-refractivity contribution >= 4 is 5.97 Å². The number of aliphatic hydroxyl groups is 17. The summed E-state index contributed by atoms with van der Waals surface area (Å²) in [5.74, 6) is -1.76. The van der Waals surface area contributed by atoms with E-state index in [1.165, 1.54) is 26.8 Å². The number of hydrogen-bond donors (Lipinski definition) is 18. The summed E-state index contributed by atoms with van der Waals surface area (Å²) < 4.78 is 57.0. The molecule has 0 aromatic rings. The quantitative estimate of drug-likeness (QED) is 0.0475. The van der Waals surface area contributed by atoms with Gasteiger partial charge in [0.2, 0.25) is 0 Å². The van der Waals surface area contributed by atoms with Crippen molar-refractivity contribution in [3.05, 3.63) is 11.6 Å². The van der Waals surface area contributed by atoms with Crippen LogP contribution in [0.25, 0.3) is 0 Å². The van der Waals surface area contributed by atoms with E-state index in [2.05, 4.69) is 5.32 Å². The number of nitrogens with one attached hydrogen (secondary N) is 1. The van der Waals surface area contributed by atoms with Gasteiger partial charge in [0.25, 0.3) is 0 Å². The zero-order valence-corrected chi connectivity index (χ0v) is 38.2. The molecule has 6 aliphatic rings. The first-order valence-corrected chi connectivity index (χ1v) is 22.9. The minimum absolute atomic E-state index is 0.00263. The molecule has 3 unspecified atom stereocenters. The lowest BCUT2D eigenvalue weighted by molar-refractivity contribution is -0.389. The monoisotopic (exact) mass is 1020 g/mol. The number of carbonyl (C=O) groups is 1. The first-order valence-electron chi connectivity index (χ1n) is 22.9. The standard InChI is InChI=1S/C41H69NO28/c1-4-19(47)61-10-18-33(67-39-30(57)24(51)20(12(3)62-39)42-14-5-13(6-43)22(49)25(52)23(14)50)11(2)21(48)38(66-18)68-35-16(8-45)64-41(31(58)27(35)54)70-36-17(9-46)65-40(32(59)28(36)55)69-34-15(7-44)63-37(60)29(56)26(34)53/h5,11-12,14-18,20-46,48-60H,4,6-10H2,1-3H3/t11-,12+,14?,15+,16+,17+,18+,20+,21+,22+,23-,24+,25?,26-,27-,28-,29+,30+,31+,32+,33-,34-,35+,36-,37?,38+,39+,40+,41+/m0/s1. The van der Waals surface area contributed by atoms with E-state index >= 15 is 0 Å². The van der Waals surface area contributed by atoms with Gasteiger partial charge in [0.05, 0.1) is 50.7 Å². The minimum Gasteiger partial charge on any atom is -0.463 e. The van der Waals surface area contributed by atoms with Crippen molar-refractivity contribution in [1.82, 2.24) is 5.32 Å². The Morgan fingerprint density at radius 3 is 1.47 bits per heavy atom. The van der Waals surface area contributed by atoms with Crippen LogP contribution in [0.3, 0.4) is 0 Å². The van der Waals surface area contributed by atoms with E-state index in [4.69, 9.17) is 47.4 Å². The highest BCUT2D eigenvalue weighted by molar-refractivity contribution is 5.68. The van der Waals surface area contributed by atoms with Crippen LogP contribution in [0.15, 0.2) is 11.6 Å². The SMILES string of the molecule is CCC(=O)OC[C@H]1O[C@H](O[C@H]2[C@@H](O)[C@@H](O)[C@@H](O[C@@H]3[C@@H](O)[C@@H](O)[C@@H](O[C@@H]4[C@@H](O)[C@@H](O)C(O)O[C@@H]4CO)O[C@@H]3CO)O[C@@H]2CO)[C@H](O)[C@H](C)[C@@H]1O[C@H]1O[C@H](C)[C@@H](NC2C=C(CO)[C@@H](O)C(O)[C@H]2O)[C@@H](O)[C@H]1O. The summed E-state index contributed by atoms with van der Waals surface area (Å²) in [6, 6.07) is -2.26. The molecule has 18 N–H and O–H groups in total. The molecule has 0 saturated carbocycles. The molecule has 29 heteroatoms. The Morgan fingerprint density at radius 1 is 0.529 bits per heavy atom. The molecule has 70 heavy (non-hydrogen) atoms. The highest BCUT2D eigenvalue weighted by Crippen LogP contribution is 2.37. The molecule has 5 heterocycles. The lowest BCUT2D eigenvalue weighted by Gasteiger charge is -2.50. The van der Waals surface area contributed by atoms with Crippen LogP contribution in [0.4, 0.5) is 0 Å². The van der Waals surface area contributed by atoms with Crippen LogP contribution in [0.2, 0.25) is 0 Å². The maximum atomic E-state index is 12.3. The number of ether oxygens (including phenoxy) is 10. The van der Waals surface area contributed by atoms with Crippen molar-refractivity contribution in [2.45, 2.75) is 199 Å². The van der Waals surface area contributed by atoms with Crippen molar-refractivity contribution in [2.75, 3.05) is 33.0 Å². The highest BCUT2D eigenvalue weighted by atomic mass is 16.8. The van der Waals surface area contributed by atoms with Crippen LogP contribution in [-0.4, -0.2) is 298 Å². The Balaban J connectivity index is 1.11. The molecule has 0 aromatic carbocycles. The second-order valence-electron chi connectivity index (χ2n) is 18.2. The molecule has 0 aromatic heterocycles.